The molecular formula is C18H24N2O3. The number of hydrogen-bond donors (Lipinski definition) is 0. The molecule has 0 aromatic heterocycles. The third kappa shape index (κ3) is 4.12. The molecule has 5 nitrogen and oxygen atoms in total. The number of nitrogens with zero attached hydrogens (tertiary/aromatic N) is 2. The molecule has 23 heavy (non-hydrogen) atoms. The van der Waals surface area contributed by atoms with Gasteiger partial charge in [0.1, 0.15) is 5.75 Å². The molecule has 0 unspecified atom stereocenters. The zero-order valence-corrected chi connectivity index (χ0v) is 14.3. The van der Waals surface area contributed by atoms with Gasteiger partial charge >= 0.3 is 0 Å². The van der Waals surface area contributed by atoms with E-state index in [2.05, 4.69) is 0 Å². The van der Waals surface area contributed by atoms with Crippen molar-refractivity contribution in [1.29, 1.82) is 0 Å². The first-order valence-electron chi connectivity index (χ1n) is 7.78. The second kappa shape index (κ2) is 7.31. The fraction of sp³-hybridized carbons (Fsp3) is 0.444. The number of methoxy groups -OCH3 is 1. The molecule has 1 aromatic carbocycles. The van der Waals surface area contributed by atoms with Crippen LogP contribution in [0, 0.1) is 0 Å². The Labute approximate surface area is 137 Å². The Morgan fingerprint density at radius 2 is 2.04 bits per heavy atom. The van der Waals surface area contributed by atoms with E-state index in [1.165, 1.54) is 12.5 Å². The van der Waals surface area contributed by atoms with Gasteiger partial charge in [0.05, 0.1) is 7.11 Å². The lowest BCUT2D eigenvalue weighted by Gasteiger charge is -2.31. The molecule has 1 aromatic rings. The standard InChI is InChI=1S/C18H24N2O3/c1-13(2)7-9-19-12-15-11-16(23-4)5-6-17(15)20(14(3)21)10-8-18(19)22/h5-7,11H,8-10,12H2,1-4H3. The maximum absolute atomic E-state index is 12.4. The van der Waals surface area contributed by atoms with E-state index in [4.69, 9.17) is 4.74 Å². The predicted octanol–water partition coefficient (Wildman–Crippen LogP) is 2.75. The van der Waals surface area contributed by atoms with Gasteiger partial charge < -0.3 is 14.5 Å². The fourth-order valence-electron chi connectivity index (χ4n) is 2.64. The van der Waals surface area contributed by atoms with Gasteiger partial charge in [0, 0.05) is 38.7 Å². The average molecular weight is 316 g/mol. The van der Waals surface area contributed by atoms with Crippen molar-refractivity contribution in [2.45, 2.75) is 33.7 Å². The molecule has 0 fully saturated rings. The molecule has 0 bridgehead atoms. The summed E-state index contributed by atoms with van der Waals surface area (Å²) in [6.07, 6.45) is 2.38. The van der Waals surface area contributed by atoms with E-state index < -0.39 is 0 Å². The van der Waals surface area contributed by atoms with Crippen LogP contribution < -0.4 is 9.64 Å². The van der Waals surface area contributed by atoms with E-state index in [0.29, 0.717) is 26.1 Å². The molecule has 5 heteroatoms. The van der Waals surface area contributed by atoms with Gasteiger partial charge in [-0.25, -0.2) is 0 Å². The number of amides is 2. The molecule has 0 N–H and O–H groups in total. The molecule has 0 aliphatic carbocycles. The number of hydrogen-bond acceptors (Lipinski definition) is 3. The van der Waals surface area contributed by atoms with Gasteiger partial charge in [0.15, 0.2) is 0 Å². The molecule has 0 saturated carbocycles. The monoisotopic (exact) mass is 316 g/mol. The minimum Gasteiger partial charge on any atom is -0.497 e. The quantitative estimate of drug-likeness (QED) is 0.806. The van der Waals surface area contributed by atoms with Crippen molar-refractivity contribution in [3.05, 3.63) is 35.4 Å². The summed E-state index contributed by atoms with van der Waals surface area (Å²) in [7, 11) is 1.61. The second-order valence-electron chi connectivity index (χ2n) is 5.97. The van der Waals surface area contributed by atoms with Crippen molar-refractivity contribution in [2.24, 2.45) is 0 Å². The SMILES string of the molecule is COc1ccc2c(c1)CN(CC=C(C)C)C(=O)CCN2C(C)=O. The topological polar surface area (TPSA) is 49.9 Å². The molecule has 1 heterocycles. The first kappa shape index (κ1) is 17.1. The molecule has 1 aliphatic rings. The zero-order valence-electron chi connectivity index (χ0n) is 14.3. The Bertz CT molecular complexity index is 633. The number of ether oxygens (including phenoxy) is 1. The van der Waals surface area contributed by atoms with Gasteiger partial charge in [-0.1, -0.05) is 11.6 Å². The van der Waals surface area contributed by atoms with Crippen LogP contribution in [-0.2, 0) is 16.1 Å². The lowest BCUT2D eigenvalue weighted by atomic mass is 10.1. The highest BCUT2D eigenvalue weighted by Crippen LogP contribution is 2.29. The van der Waals surface area contributed by atoms with Crippen LogP contribution in [0.25, 0.3) is 0 Å². The highest BCUT2D eigenvalue weighted by Gasteiger charge is 2.24. The average Bonchev–Trinajstić information content (AvgIpc) is 2.50. The fourth-order valence-corrected chi connectivity index (χ4v) is 2.64. The molecule has 2 rings (SSSR count). The number of benzene rings is 1. The van der Waals surface area contributed by atoms with Crippen LogP contribution in [-0.4, -0.2) is 36.9 Å². The molecule has 124 valence electrons. The normalized spacial score (nSPS) is 14.7. The lowest BCUT2D eigenvalue weighted by Crippen LogP contribution is -2.39. The highest BCUT2D eigenvalue weighted by molar-refractivity contribution is 5.94. The third-order valence-corrected chi connectivity index (χ3v) is 3.94. The van der Waals surface area contributed by atoms with E-state index in [1.54, 1.807) is 12.0 Å². The van der Waals surface area contributed by atoms with Crippen LogP contribution in [0.3, 0.4) is 0 Å². The summed E-state index contributed by atoms with van der Waals surface area (Å²) in [5.41, 5.74) is 2.96. The summed E-state index contributed by atoms with van der Waals surface area (Å²) >= 11 is 0. The van der Waals surface area contributed by atoms with Gasteiger partial charge in [0.25, 0.3) is 0 Å². The molecule has 0 radical (unpaired) electrons. The summed E-state index contributed by atoms with van der Waals surface area (Å²) in [5.74, 6) is 0.728. The Kier molecular flexibility index (Phi) is 5.42. The first-order chi connectivity index (χ1) is 10.9. The van der Waals surface area contributed by atoms with E-state index in [0.717, 1.165) is 17.0 Å². The molecule has 0 saturated heterocycles. The summed E-state index contributed by atoms with van der Waals surface area (Å²) in [5, 5.41) is 0. The predicted molar refractivity (Wildman–Crippen MR) is 90.5 cm³/mol. The van der Waals surface area contributed by atoms with Gasteiger partial charge in [0.2, 0.25) is 11.8 Å². The number of rotatable bonds is 3. The Hall–Kier alpha value is -2.30. The van der Waals surface area contributed by atoms with Crippen molar-refractivity contribution in [3.8, 4) is 5.75 Å². The van der Waals surface area contributed by atoms with Gasteiger partial charge in [-0.2, -0.15) is 0 Å². The zero-order chi connectivity index (χ0) is 17.0. The highest BCUT2D eigenvalue weighted by atomic mass is 16.5. The number of allylic oxidation sites excluding steroid dienone is 1. The number of carbonyl (C=O) groups is 2. The Balaban J connectivity index is 2.41. The van der Waals surface area contributed by atoms with Crippen LogP contribution in [0.1, 0.15) is 32.8 Å². The van der Waals surface area contributed by atoms with Crippen molar-refractivity contribution >= 4 is 17.5 Å². The molecule has 1 aliphatic heterocycles. The van der Waals surface area contributed by atoms with Crippen LogP contribution in [0.2, 0.25) is 0 Å². The molecule has 2 amide bonds. The molecular weight excluding hydrogens is 292 g/mol. The van der Waals surface area contributed by atoms with Crippen molar-refractivity contribution in [2.75, 3.05) is 25.1 Å². The number of fused-ring (bicyclic) bond motifs is 1. The third-order valence-electron chi connectivity index (χ3n) is 3.94. The maximum atomic E-state index is 12.4. The van der Waals surface area contributed by atoms with Crippen molar-refractivity contribution in [3.63, 3.8) is 0 Å². The van der Waals surface area contributed by atoms with E-state index >= 15 is 0 Å². The molecule has 0 spiro atoms. The summed E-state index contributed by atoms with van der Waals surface area (Å²) in [4.78, 5) is 27.9. The first-order valence-corrected chi connectivity index (χ1v) is 7.78. The van der Waals surface area contributed by atoms with E-state index in [-0.39, 0.29) is 11.8 Å². The van der Waals surface area contributed by atoms with E-state index in [9.17, 15) is 9.59 Å². The van der Waals surface area contributed by atoms with Crippen molar-refractivity contribution in [1.82, 2.24) is 4.90 Å². The molecule has 0 atom stereocenters. The maximum Gasteiger partial charge on any atom is 0.224 e. The number of carbonyl (C=O) groups excluding carboxylic acids is 2. The summed E-state index contributed by atoms with van der Waals surface area (Å²) in [6.45, 7) is 7.02. The van der Waals surface area contributed by atoms with Crippen LogP contribution in [0.15, 0.2) is 29.8 Å². The van der Waals surface area contributed by atoms with Gasteiger partial charge in [-0.15, -0.1) is 0 Å². The smallest absolute Gasteiger partial charge is 0.224 e. The second-order valence-corrected chi connectivity index (χ2v) is 5.97. The van der Waals surface area contributed by atoms with Gasteiger partial charge in [-0.3, -0.25) is 9.59 Å². The largest absolute Gasteiger partial charge is 0.497 e. The minimum atomic E-state index is -0.0537. The van der Waals surface area contributed by atoms with Crippen LogP contribution in [0.4, 0.5) is 5.69 Å². The number of anilines is 1. The minimum absolute atomic E-state index is 0.0537. The summed E-state index contributed by atoms with van der Waals surface area (Å²) in [6, 6.07) is 5.64. The lowest BCUT2D eigenvalue weighted by molar-refractivity contribution is -0.131. The van der Waals surface area contributed by atoms with Crippen LogP contribution in [0.5, 0.6) is 5.75 Å². The van der Waals surface area contributed by atoms with Gasteiger partial charge in [-0.05, 0) is 37.6 Å². The van der Waals surface area contributed by atoms with E-state index in [1.807, 2.05) is 43.0 Å². The summed E-state index contributed by atoms with van der Waals surface area (Å²) < 4.78 is 5.29. The van der Waals surface area contributed by atoms with Crippen LogP contribution >= 0.6 is 0 Å². The van der Waals surface area contributed by atoms with Crippen molar-refractivity contribution < 1.29 is 14.3 Å². The Morgan fingerprint density at radius 3 is 2.65 bits per heavy atom. The Morgan fingerprint density at radius 1 is 1.30 bits per heavy atom.